The lowest BCUT2D eigenvalue weighted by molar-refractivity contribution is -0.141. The Balaban J connectivity index is 1.51. The predicted octanol–water partition coefficient (Wildman–Crippen LogP) is 6.11. The molecule has 0 fully saturated rings. The third-order valence-electron chi connectivity index (χ3n) is 5.56. The number of benzene rings is 2. The van der Waals surface area contributed by atoms with Gasteiger partial charge in [0.1, 0.15) is 0 Å². The highest BCUT2D eigenvalue weighted by molar-refractivity contribution is 6.30. The molecule has 200 valence electrons. The molecule has 4 rings (SSSR count). The van der Waals surface area contributed by atoms with E-state index < -0.39 is 41.6 Å². The zero-order valence-corrected chi connectivity index (χ0v) is 20.5. The van der Waals surface area contributed by atoms with Gasteiger partial charge in [-0.25, -0.2) is 0 Å². The summed E-state index contributed by atoms with van der Waals surface area (Å²) in [6.07, 6.45) is -5.18. The quantitative estimate of drug-likeness (QED) is 0.280. The summed E-state index contributed by atoms with van der Waals surface area (Å²) in [5.74, 6) is -1.22. The van der Waals surface area contributed by atoms with Crippen molar-refractivity contribution < 1.29 is 31.1 Å². The van der Waals surface area contributed by atoms with Gasteiger partial charge in [0.05, 0.1) is 30.4 Å². The number of halogens is 7. The van der Waals surface area contributed by atoms with Crippen molar-refractivity contribution in [3.8, 4) is 0 Å². The normalized spacial score (nSPS) is 12.1. The first-order valence-electron chi connectivity index (χ1n) is 11.1. The number of nitrogens with one attached hydrogen (secondary N) is 1. The Morgan fingerprint density at radius 1 is 0.921 bits per heavy atom. The molecule has 0 atom stereocenters. The summed E-state index contributed by atoms with van der Waals surface area (Å²) in [5, 5.41) is 9.84. The topological polar surface area (TPSA) is 64.7 Å². The second-order valence-electron chi connectivity index (χ2n) is 8.60. The fourth-order valence-corrected chi connectivity index (χ4v) is 4.01. The summed E-state index contributed by atoms with van der Waals surface area (Å²) in [7, 11) is 0. The van der Waals surface area contributed by atoms with Crippen molar-refractivity contribution in [2.75, 3.05) is 0 Å². The lowest BCUT2D eigenvalue weighted by atomic mass is 10.1. The smallest absolute Gasteiger partial charge is 0.348 e. The molecule has 0 radical (unpaired) electrons. The summed E-state index contributed by atoms with van der Waals surface area (Å²) in [4.78, 5) is 12.6. The Bertz CT molecular complexity index is 1440. The number of carbonyl (C=O) groups excluding carboxylic acids is 1. The van der Waals surface area contributed by atoms with Crippen LogP contribution >= 0.6 is 11.6 Å². The molecule has 1 amide bonds. The summed E-state index contributed by atoms with van der Waals surface area (Å²) in [6.45, 7) is 1.68. The average molecular weight is 556 g/mol. The fraction of sp³-hybridized carbons (Fsp3) is 0.240. The van der Waals surface area contributed by atoms with Crippen LogP contribution in [0.3, 0.4) is 0 Å². The summed E-state index contributed by atoms with van der Waals surface area (Å²) in [6, 6.07) is 9.82. The SMILES string of the molecule is Cc1cnn(Cc2ccc(Cn3cc(C(=O)NCc4cc(Cl)ccc4C(F)(F)F)c(C(F)(F)F)n3)cc2)c1. The maximum atomic E-state index is 13.6. The van der Waals surface area contributed by atoms with Gasteiger partial charge in [0.2, 0.25) is 0 Å². The van der Waals surface area contributed by atoms with E-state index >= 15 is 0 Å². The molecule has 4 aromatic rings. The molecule has 2 aromatic carbocycles. The van der Waals surface area contributed by atoms with Crippen molar-refractivity contribution in [3.05, 3.63) is 105 Å². The lowest BCUT2D eigenvalue weighted by Crippen LogP contribution is -2.26. The van der Waals surface area contributed by atoms with Crippen LogP contribution in [0.25, 0.3) is 0 Å². The monoisotopic (exact) mass is 555 g/mol. The Kier molecular flexibility index (Phi) is 7.54. The van der Waals surface area contributed by atoms with E-state index in [-0.39, 0.29) is 17.1 Å². The van der Waals surface area contributed by atoms with Gasteiger partial charge in [-0.05, 0) is 47.4 Å². The first-order valence-corrected chi connectivity index (χ1v) is 11.5. The second-order valence-corrected chi connectivity index (χ2v) is 9.04. The summed E-state index contributed by atoms with van der Waals surface area (Å²) >= 11 is 5.77. The molecule has 0 aliphatic carbocycles. The first kappa shape index (κ1) is 27.2. The van der Waals surface area contributed by atoms with Gasteiger partial charge in [-0.15, -0.1) is 0 Å². The van der Waals surface area contributed by atoms with Crippen molar-refractivity contribution in [2.45, 2.75) is 38.9 Å². The van der Waals surface area contributed by atoms with Crippen molar-refractivity contribution in [1.82, 2.24) is 24.9 Å². The number of amides is 1. The van der Waals surface area contributed by atoms with Gasteiger partial charge in [0.15, 0.2) is 5.69 Å². The van der Waals surface area contributed by atoms with Crippen LogP contribution in [0.2, 0.25) is 5.02 Å². The largest absolute Gasteiger partial charge is 0.435 e. The van der Waals surface area contributed by atoms with Gasteiger partial charge in [-0.3, -0.25) is 14.2 Å². The lowest BCUT2D eigenvalue weighted by Gasteiger charge is -2.14. The number of nitrogens with zero attached hydrogens (tertiary/aromatic N) is 4. The Morgan fingerprint density at radius 2 is 1.55 bits per heavy atom. The summed E-state index contributed by atoms with van der Waals surface area (Å²) < 4.78 is 83.4. The van der Waals surface area contributed by atoms with Gasteiger partial charge in [-0.2, -0.15) is 36.5 Å². The molecule has 1 N–H and O–H groups in total. The highest BCUT2D eigenvalue weighted by Gasteiger charge is 2.39. The standard InChI is InChI=1S/C25H20ClF6N5O/c1-15-9-34-36(11-15)12-16-2-4-17(5-3-16)13-37-14-20(22(35-37)25(30,31)32)23(38)33-10-18-8-19(26)6-7-21(18)24(27,28)29/h2-9,11,14H,10,12-13H2,1H3,(H,33,38). The summed E-state index contributed by atoms with van der Waals surface area (Å²) in [5.41, 5.74) is -1.13. The predicted molar refractivity (Wildman–Crippen MR) is 126 cm³/mol. The third kappa shape index (κ3) is 6.55. The molecule has 0 bridgehead atoms. The highest BCUT2D eigenvalue weighted by atomic mass is 35.5. The number of hydrogen-bond acceptors (Lipinski definition) is 3. The molecule has 0 unspecified atom stereocenters. The minimum atomic E-state index is -4.96. The van der Waals surface area contributed by atoms with Crippen LogP contribution in [0.15, 0.2) is 61.1 Å². The molecule has 13 heteroatoms. The molecular weight excluding hydrogens is 536 g/mol. The van der Waals surface area contributed by atoms with Gasteiger partial charge in [0, 0.05) is 24.0 Å². The van der Waals surface area contributed by atoms with Crippen molar-refractivity contribution in [2.24, 2.45) is 0 Å². The molecule has 0 aliphatic rings. The number of hydrogen-bond donors (Lipinski definition) is 1. The van der Waals surface area contributed by atoms with Gasteiger partial charge in [-0.1, -0.05) is 35.9 Å². The van der Waals surface area contributed by atoms with E-state index in [0.29, 0.717) is 12.1 Å². The number of alkyl halides is 6. The van der Waals surface area contributed by atoms with E-state index in [1.54, 1.807) is 35.1 Å². The highest BCUT2D eigenvalue weighted by Crippen LogP contribution is 2.34. The molecule has 6 nitrogen and oxygen atoms in total. The molecule has 2 aromatic heterocycles. The molecule has 0 aliphatic heterocycles. The third-order valence-corrected chi connectivity index (χ3v) is 5.80. The second kappa shape index (κ2) is 10.5. The van der Waals surface area contributed by atoms with E-state index in [2.05, 4.69) is 15.5 Å². The number of rotatable bonds is 7. The molecule has 0 saturated carbocycles. The Labute approximate surface area is 217 Å². The zero-order valence-electron chi connectivity index (χ0n) is 19.7. The molecule has 2 heterocycles. The number of aryl methyl sites for hydroxylation is 1. The van der Waals surface area contributed by atoms with Crippen molar-refractivity contribution >= 4 is 17.5 Å². The Hall–Kier alpha value is -3.80. The fourth-order valence-electron chi connectivity index (χ4n) is 3.81. The minimum absolute atomic E-state index is 0.0168. The van der Waals surface area contributed by atoms with E-state index in [1.165, 1.54) is 0 Å². The van der Waals surface area contributed by atoms with Gasteiger partial charge < -0.3 is 5.32 Å². The van der Waals surface area contributed by atoms with Crippen LogP contribution in [0.1, 0.15) is 43.9 Å². The molecule has 38 heavy (non-hydrogen) atoms. The number of carbonyl (C=O) groups is 1. The molecule has 0 spiro atoms. The van der Waals surface area contributed by atoms with Crippen LogP contribution < -0.4 is 5.32 Å². The molecule has 0 saturated heterocycles. The van der Waals surface area contributed by atoms with Crippen LogP contribution in [-0.2, 0) is 32.0 Å². The van der Waals surface area contributed by atoms with Crippen LogP contribution in [0.4, 0.5) is 26.3 Å². The maximum Gasteiger partial charge on any atom is 0.435 e. The molecular formula is C25H20ClF6N5O. The van der Waals surface area contributed by atoms with Gasteiger partial charge >= 0.3 is 12.4 Å². The zero-order chi connectivity index (χ0) is 27.7. The van der Waals surface area contributed by atoms with E-state index in [9.17, 15) is 31.1 Å². The van der Waals surface area contributed by atoms with Crippen molar-refractivity contribution in [1.29, 1.82) is 0 Å². The van der Waals surface area contributed by atoms with E-state index in [4.69, 9.17) is 11.6 Å². The number of aromatic nitrogens is 4. The Morgan fingerprint density at radius 3 is 2.11 bits per heavy atom. The van der Waals surface area contributed by atoms with Crippen LogP contribution in [0, 0.1) is 6.92 Å². The van der Waals surface area contributed by atoms with E-state index in [1.807, 2.05) is 13.1 Å². The maximum absolute atomic E-state index is 13.6. The first-order chi connectivity index (χ1) is 17.8. The minimum Gasteiger partial charge on any atom is -0.348 e. The van der Waals surface area contributed by atoms with E-state index in [0.717, 1.165) is 40.2 Å². The average Bonchev–Trinajstić information content (AvgIpc) is 3.44. The van der Waals surface area contributed by atoms with Crippen LogP contribution in [-0.4, -0.2) is 25.5 Å². The van der Waals surface area contributed by atoms with Crippen LogP contribution in [0.5, 0.6) is 0 Å². The van der Waals surface area contributed by atoms with Gasteiger partial charge in [0.25, 0.3) is 5.91 Å². The van der Waals surface area contributed by atoms with Crippen molar-refractivity contribution in [3.63, 3.8) is 0 Å².